The fourth-order valence-corrected chi connectivity index (χ4v) is 3.07. The van der Waals surface area contributed by atoms with Crippen LogP contribution in [0, 0.1) is 12.8 Å². The molecular formula is C24H34. The van der Waals surface area contributed by atoms with Crippen molar-refractivity contribution in [3.63, 3.8) is 0 Å². The molecule has 24 heavy (non-hydrogen) atoms. The van der Waals surface area contributed by atoms with Crippen LogP contribution in [0.1, 0.15) is 56.9 Å². The lowest BCUT2D eigenvalue weighted by Gasteiger charge is -2.18. The molecule has 0 heteroatoms. The van der Waals surface area contributed by atoms with Gasteiger partial charge in [-0.05, 0) is 65.5 Å². The molecule has 0 radical (unpaired) electrons. The van der Waals surface area contributed by atoms with Crippen LogP contribution in [0.15, 0.2) is 49.1 Å². The Kier molecular flexibility index (Phi) is 8.54. The van der Waals surface area contributed by atoms with Gasteiger partial charge in [0, 0.05) is 0 Å². The number of allylic oxidation sites excluding steroid dienone is 1. The molecule has 0 aromatic heterocycles. The van der Waals surface area contributed by atoms with Crippen molar-refractivity contribution in [2.45, 2.75) is 60.8 Å². The van der Waals surface area contributed by atoms with Crippen molar-refractivity contribution in [1.82, 2.24) is 0 Å². The molecule has 0 saturated heterocycles. The molecule has 0 atom stereocenters. The van der Waals surface area contributed by atoms with Gasteiger partial charge in [-0.15, -0.1) is 6.58 Å². The maximum atomic E-state index is 3.97. The van der Waals surface area contributed by atoms with Gasteiger partial charge in [0.1, 0.15) is 0 Å². The van der Waals surface area contributed by atoms with E-state index >= 15 is 0 Å². The molecule has 0 fully saturated rings. The maximum absolute atomic E-state index is 3.97. The van der Waals surface area contributed by atoms with Gasteiger partial charge in [-0.1, -0.05) is 77.1 Å². The second-order valence-electron chi connectivity index (χ2n) is 6.53. The van der Waals surface area contributed by atoms with Gasteiger partial charge >= 0.3 is 0 Å². The zero-order valence-corrected chi connectivity index (χ0v) is 16.4. The Morgan fingerprint density at radius 3 is 2.08 bits per heavy atom. The van der Waals surface area contributed by atoms with Gasteiger partial charge in [0.15, 0.2) is 0 Å². The topological polar surface area (TPSA) is 0 Å². The minimum absolute atomic E-state index is 0.667. The third-order valence-corrected chi connectivity index (χ3v) is 4.30. The standard InChI is InChI=1S/C22H28.C2H6/c1-6-8-21-20(19-12-10-18(7-2)11-13-19)14-9-17(5)22(21)15-16(3)4;1-2/h6,9-14,16H,1,7-8,15H2,2-5H3;1-2H3. The van der Waals surface area contributed by atoms with Gasteiger partial charge in [0.05, 0.1) is 0 Å². The molecule has 130 valence electrons. The highest BCUT2D eigenvalue weighted by molar-refractivity contribution is 5.70. The SMILES string of the molecule is C=CCc1c(-c2ccc(CC)cc2)ccc(C)c1CC(C)C.CC. The minimum Gasteiger partial charge on any atom is -0.103 e. The molecule has 0 aliphatic carbocycles. The van der Waals surface area contributed by atoms with Crippen molar-refractivity contribution < 1.29 is 0 Å². The summed E-state index contributed by atoms with van der Waals surface area (Å²) in [6.07, 6.45) is 5.19. The molecule has 0 aliphatic rings. The van der Waals surface area contributed by atoms with Crippen molar-refractivity contribution >= 4 is 0 Å². The number of rotatable bonds is 6. The molecule has 0 amide bonds. The van der Waals surface area contributed by atoms with Crippen LogP contribution >= 0.6 is 0 Å². The Morgan fingerprint density at radius 1 is 0.958 bits per heavy atom. The number of hydrogen-bond donors (Lipinski definition) is 0. The summed E-state index contributed by atoms with van der Waals surface area (Å²) in [5.41, 5.74) is 8.44. The van der Waals surface area contributed by atoms with Crippen molar-refractivity contribution in [3.8, 4) is 11.1 Å². The molecule has 0 saturated carbocycles. The molecule has 0 unspecified atom stereocenters. The van der Waals surface area contributed by atoms with Gasteiger partial charge in [0.25, 0.3) is 0 Å². The van der Waals surface area contributed by atoms with Crippen LogP contribution < -0.4 is 0 Å². The van der Waals surface area contributed by atoms with E-state index in [1.807, 2.05) is 19.9 Å². The van der Waals surface area contributed by atoms with Crippen molar-refractivity contribution in [2.75, 3.05) is 0 Å². The normalized spacial score (nSPS) is 10.3. The summed E-state index contributed by atoms with van der Waals surface area (Å²) < 4.78 is 0. The second-order valence-corrected chi connectivity index (χ2v) is 6.53. The van der Waals surface area contributed by atoms with Crippen LogP contribution in [-0.2, 0) is 19.3 Å². The average molecular weight is 323 g/mol. The van der Waals surface area contributed by atoms with E-state index in [4.69, 9.17) is 0 Å². The third kappa shape index (κ3) is 5.09. The first-order valence-corrected chi connectivity index (χ1v) is 9.38. The van der Waals surface area contributed by atoms with E-state index in [9.17, 15) is 0 Å². The molecule has 2 aromatic carbocycles. The third-order valence-electron chi connectivity index (χ3n) is 4.30. The monoisotopic (exact) mass is 322 g/mol. The van der Waals surface area contributed by atoms with Crippen LogP contribution in [0.5, 0.6) is 0 Å². The Morgan fingerprint density at radius 2 is 1.58 bits per heavy atom. The smallest absolute Gasteiger partial charge is 0.00911 e. The van der Waals surface area contributed by atoms with Crippen molar-refractivity contribution in [1.29, 1.82) is 0 Å². The molecule has 0 aliphatic heterocycles. The highest BCUT2D eigenvalue weighted by Gasteiger charge is 2.13. The van der Waals surface area contributed by atoms with Crippen LogP contribution in [0.4, 0.5) is 0 Å². The van der Waals surface area contributed by atoms with Gasteiger partial charge in [-0.25, -0.2) is 0 Å². The summed E-state index contributed by atoms with van der Waals surface area (Å²) in [7, 11) is 0. The zero-order valence-electron chi connectivity index (χ0n) is 16.4. The summed E-state index contributed by atoms with van der Waals surface area (Å²) >= 11 is 0. The summed E-state index contributed by atoms with van der Waals surface area (Å²) in [6.45, 7) is 17.0. The van der Waals surface area contributed by atoms with Crippen LogP contribution in [-0.4, -0.2) is 0 Å². The molecular weight excluding hydrogens is 288 g/mol. The molecule has 0 nitrogen and oxygen atoms in total. The molecule has 0 heterocycles. The molecule has 0 bridgehead atoms. The van der Waals surface area contributed by atoms with Gasteiger partial charge < -0.3 is 0 Å². The zero-order chi connectivity index (χ0) is 18.1. The largest absolute Gasteiger partial charge is 0.103 e. The van der Waals surface area contributed by atoms with Crippen LogP contribution in [0.25, 0.3) is 11.1 Å². The average Bonchev–Trinajstić information content (AvgIpc) is 2.60. The highest BCUT2D eigenvalue weighted by Crippen LogP contribution is 2.31. The van der Waals surface area contributed by atoms with Gasteiger partial charge in [0.2, 0.25) is 0 Å². The highest BCUT2D eigenvalue weighted by atomic mass is 14.2. The van der Waals surface area contributed by atoms with Crippen LogP contribution in [0.2, 0.25) is 0 Å². The Balaban J connectivity index is 0.00000139. The second kappa shape index (κ2) is 10.1. The first-order valence-electron chi connectivity index (χ1n) is 9.38. The summed E-state index contributed by atoms with van der Waals surface area (Å²) in [4.78, 5) is 0. The van der Waals surface area contributed by atoms with E-state index in [2.05, 4.69) is 70.7 Å². The molecule has 0 N–H and O–H groups in total. The van der Waals surface area contributed by atoms with E-state index in [1.54, 1.807) is 0 Å². The summed E-state index contributed by atoms with van der Waals surface area (Å²) in [5, 5.41) is 0. The van der Waals surface area contributed by atoms with Gasteiger partial charge in [-0.2, -0.15) is 0 Å². The molecule has 2 rings (SSSR count). The Hall–Kier alpha value is -1.82. The lowest BCUT2D eigenvalue weighted by Crippen LogP contribution is -2.04. The predicted octanol–water partition coefficient (Wildman–Crippen LogP) is 7.18. The van der Waals surface area contributed by atoms with Crippen molar-refractivity contribution in [2.24, 2.45) is 5.92 Å². The fourth-order valence-electron chi connectivity index (χ4n) is 3.07. The lowest BCUT2D eigenvalue weighted by molar-refractivity contribution is 0.641. The van der Waals surface area contributed by atoms with E-state index in [0.717, 1.165) is 19.3 Å². The predicted molar refractivity (Wildman–Crippen MR) is 110 cm³/mol. The van der Waals surface area contributed by atoms with Crippen molar-refractivity contribution in [3.05, 3.63) is 71.3 Å². The number of aryl methyl sites for hydroxylation is 2. The number of hydrogen-bond acceptors (Lipinski definition) is 0. The van der Waals surface area contributed by atoms with Gasteiger partial charge in [-0.3, -0.25) is 0 Å². The minimum atomic E-state index is 0.667. The molecule has 0 spiro atoms. The maximum Gasteiger partial charge on any atom is -0.00911 e. The summed E-state index contributed by atoms with van der Waals surface area (Å²) in [5.74, 6) is 0.667. The van der Waals surface area contributed by atoms with E-state index in [1.165, 1.54) is 33.4 Å². The first kappa shape index (κ1) is 20.2. The van der Waals surface area contributed by atoms with E-state index in [0.29, 0.717) is 5.92 Å². The number of benzene rings is 2. The first-order chi connectivity index (χ1) is 11.6. The quantitative estimate of drug-likeness (QED) is 0.494. The fraction of sp³-hybridized carbons (Fsp3) is 0.417. The Bertz CT molecular complexity index is 630. The molecule has 2 aromatic rings. The lowest BCUT2D eigenvalue weighted by atomic mass is 9.86. The Labute approximate surface area is 149 Å². The van der Waals surface area contributed by atoms with E-state index < -0.39 is 0 Å². The van der Waals surface area contributed by atoms with E-state index in [-0.39, 0.29) is 0 Å². The summed E-state index contributed by atoms with van der Waals surface area (Å²) in [6, 6.07) is 13.6. The van der Waals surface area contributed by atoms with Crippen LogP contribution in [0.3, 0.4) is 0 Å².